The summed E-state index contributed by atoms with van der Waals surface area (Å²) >= 11 is 0. The van der Waals surface area contributed by atoms with E-state index in [9.17, 15) is 28.0 Å². The molecule has 6 fully saturated rings. The van der Waals surface area contributed by atoms with E-state index < -0.39 is 35.6 Å². The predicted octanol–water partition coefficient (Wildman–Crippen LogP) is 3.30. The molecule has 4 aromatic heterocycles. The molecule has 11 rings (SSSR count). The Hall–Kier alpha value is -5.80. The average Bonchev–Trinajstić information content (AvgIpc) is 4.14. The number of benzene rings is 1. The van der Waals surface area contributed by atoms with Crippen LogP contribution in [0, 0.1) is 5.92 Å². The number of carbonyl (C=O) groups excluding carboxylic acids is 3. The molecule has 18 nitrogen and oxygen atoms in total. The number of nitrogens with zero attached hydrogens (tertiary/aromatic N) is 11. The Kier molecular flexibility index (Phi) is 10.5. The first-order valence-electron chi connectivity index (χ1n) is 22.7. The smallest absolute Gasteiger partial charge is 0.329 e. The summed E-state index contributed by atoms with van der Waals surface area (Å²) in [5.74, 6) is -0.265. The van der Waals surface area contributed by atoms with Crippen molar-refractivity contribution < 1.29 is 32.3 Å². The number of fused-ring (bicyclic) bond motifs is 4. The Morgan fingerprint density at radius 3 is 2.52 bits per heavy atom. The average molecular weight is 900 g/mol. The first kappa shape index (κ1) is 41.9. The first-order valence-corrected chi connectivity index (χ1v) is 22.7. The fourth-order valence-electron chi connectivity index (χ4n) is 11.2. The molecule has 5 aromatic rings. The van der Waals surface area contributed by atoms with E-state index in [0.29, 0.717) is 35.8 Å². The van der Waals surface area contributed by atoms with Crippen LogP contribution in [-0.2, 0) is 21.4 Å². The van der Waals surface area contributed by atoms with E-state index in [2.05, 4.69) is 35.5 Å². The van der Waals surface area contributed by atoms with Gasteiger partial charge in [0.15, 0.2) is 17.0 Å². The second kappa shape index (κ2) is 16.3. The highest BCUT2D eigenvalue weighted by Gasteiger charge is 2.46. The standard InChI is InChI=1S/C44H52F3N13O5/c1-53-38-32(3-2-4-33(38)60(43(53)64)34-9-10-36(61)51-42(34)63)56-24-44(47,25-56)23-55-15-13-54(14-16-55)19-26-5-7-27(8-6-26)59-21-31(37(52-59)39(45)46)49-41(62)30-18-48-58-12-11-35(50-40(30)58)57-20-29-17-28(57)22-65-29/h2-4,11-12,18,21,26-29,34,39H,5-10,13-17,19-20,22-25H2,1H3,(H,49,62)(H,51,61,63)/t26?,27?,28?,29-,34?/m1/s1. The lowest BCUT2D eigenvalue weighted by Crippen LogP contribution is -2.65. The number of amides is 3. The molecule has 9 heterocycles. The van der Waals surface area contributed by atoms with Gasteiger partial charge in [0.05, 0.1) is 66.5 Å². The van der Waals surface area contributed by atoms with Crippen LogP contribution in [0.1, 0.15) is 79.5 Å². The molecule has 1 aliphatic carbocycles. The number of hydrogen-bond acceptors (Lipinski definition) is 12. The van der Waals surface area contributed by atoms with Gasteiger partial charge in [0.25, 0.3) is 12.3 Å². The predicted molar refractivity (Wildman–Crippen MR) is 232 cm³/mol. The summed E-state index contributed by atoms with van der Waals surface area (Å²) in [5, 5.41) is 13.6. The Morgan fingerprint density at radius 2 is 1.80 bits per heavy atom. The number of ether oxygens (including phenoxy) is 1. The van der Waals surface area contributed by atoms with Gasteiger partial charge in [-0.2, -0.15) is 10.2 Å². The van der Waals surface area contributed by atoms with Crippen molar-refractivity contribution in [2.45, 2.75) is 81.3 Å². The van der Waals surface area contributed by atoms with Crippen LogP contribution in [0.4, 0.5) is 30.4 Å². The third-order valence-electron chi connectivity index (χ3n) is 14.6. The summed E-state index contributed by atoms with van der Waals surface area (Å²) in [6, 6.07) is 6.70. The molecular weight excluding hydrogens is 848 g/mol. The van der Waals surface area contributed by atoms with Crippen LogP contribution >= 0.6 is 0 Å². The van der Waals surface area contributed by atoms with Gasteiger partial charge in [-0.25, -0.2) is 27.5 Å². The van der Waals surface area contributed by atoms with E-state index >= 15 is 4.39 Å². The largest absolute Gasteiger partial charge is 0.374 e. The van der Waals surface area contributed by atoms with Crippen molar-refractivity contribution in [2.75, 3.05) is 80.6 Å². The quantitative estimate of drug-likeness (QED) is 0.186. The normalized spacial score (nSPS) is 26.1. The zero-order chi connectivity index (χ0) is 44.7. The van der Waals surface area contributed by atoms with Crippen molar-refractivity contribution in [3.8, 4) is 0 Å². The van der Waals surface area contributed by atoms with E-state index in [1.54, 1.807) is 24.0 Å². The third-order valence-corrected chi connectivity index (χ3v) is 14.6. The van der Waals surface area contributed by atoms with Gasteiger partial charge in [-0.1, -0.05) is 6.07 Å². The number of aromatic nitrogens is 7. The number of anilines is 3. The van der Waals surface area contributed by atoms with Gasteiger partial charge in [-0.05, 0) is 62.6 Å². The second-order valence-corrected chi connectivity index (χ2v) is 18.9. The number of alkyl halides is 3. The van der Waals surface area contributed by atoms with Crippen molar-refractivity contribution in [1.82, 2.24) is 48.6 Å². The highest BCUT2D eigenvalue weighted by atomic mass is 19.3. The van der Waals surface area contributed by atoms with Crippen LogP contribution in [-0.4, -0.2) is 144 Å². The zero-order valence-corrected chi connectivity index (χ0v) is 36.1. The molecule has 3 atom stereocenters. The van der Waals surface area contributed by atoms with Gasteiger partial charge < -0.3 is 24.8 Å². The first-order chi connectivity index (χ1) is 31.4. The summed E-state index contributed by atoms with van der Waals surface area (Å²) < 4.78 is 56.7. The molecule has 0 spiro atoms. The van der Waals surface area contributed by atoms with Gasteiger partial charge >= 0.3 is 5.69 Å². The summed E-state index contributed by atoms with van der Waals surface area (Å²) in [6.45, 7) is 6.12. The minimum atomic E-state index is -2.88. The van der Waals surface area contributed by atoms with Crippen LogP contribution < -0.4 is 26.1 Å². The number of piperazine rings is 1. The van der Waals surface area contributed by atoms with Crippen molar-refractivity contribution in [3.63, 3.8) is 0 Å². The van der Waals surface area contributed by atoms with Crippen LogP contribution in [0.25, 0.3) is 16.7 Å². The molecule has 65 heavy (non-hydrogen) atoms. The molecule has 2 N–H and O–H groups in total. The minimum absolute atomic E-state index is 0.0230. The molecule has 3 amide bonds. The lowest BCUT2D eigenvalue weighted by atomic mass is 9.85. The number of imide groups is 1. The van der Waals surface area contributed by atoms with Gasteiger partial charge in [0, 0.05) is 71.7 Å². The number of piperidine rings is 1. The summed E-state index contributed by atoms with van der Waals surface area (Å²) in [4.78, 5) is 64.9. The lowest BCUT2D eigenvalue weighted by molar-refractivity contribution is -0.135. The van der Waals surface area contributed by atoms with E-state index in [1.807, 2.05) is 23.1 Å². The number of carbonyl (C=O) groups is 3. The highest BCUT2D eigenvalue weighted by Crippen LogP contribution is 2.39. The zero-order valence-electron chi connectivity index (χ0n) is 36.1. The summed E-state index contributed by atoms with van der Waals surface area (Å²) in [6.07, 6.45) is 6.67. The van der Waals surface area contributed by atoms with Crippen molar-refractivity contribution >= 4 is 51.6 Å². The molecule has 0 radical (unpaired) electrons. The maximum atomic E-state index is 16.2. The monoisotopic (exact) mass is 899 g/mol. The topological polar surface area (TPSA) is 172 Å². The maximum Gasteiger partial charge on any atom is 0.329 e. The number of halogens is 3. The number of nitrogens with one attached hydrogen (secondary N) is 2. The Morgan fingerprint density at radius 1 is 1.02 bits per heavy atom. The fraction of sp³-hybridized carbons (Fsp3) is 0.568. The van der Waals surface area contributed by atoms with Crippen LogP contribution in [0.5, 0.6) is 0 Å². The van der Waals surface area contributed by atoms with Gasteiger partial charge in [0.1, 0.15) is 17.4 Å². The number of rotatable bonds is 11. The number of morpholine rings is 1. The molecule has 2 bridgehead atoms. The molecule has 5 aliphatic heterocycles. The minimum Gasteiger partial charge on any atom is -0.374 e. The third kappa shape index (κ3) is 7.63. The van der Waals surface area contributed by atoms with E-state index in [1.165, 1.54) is 26.0 Å². The van der Waals surface area contributed by atoms with Crippen LogP contribution in [0.15, 0.2) is 47.7 Å². The Bertz CT molecular complexity index is 2730. The Labute approximate surface area is 371 Å². The van der Waals surface area contributed by atoms with Gasteiger partial charge in [-0.3, -0.25) is 38.4 Å². The van der Waals surface area contributed by atoms with E-state index in [0.717, 1.165) is 82.9 Å². The summed E-state index contributed by atoms with van der Waals surface area (Å²) in [5.41, 5.74) is 0.222. The molecule has 1 aromatic carbocycles. The molecule has 1 saturated carbocycles. The van der Waals surface area contributed by atoms with Gasteiger partial charge in [0.2, 0.25) is 11.8 Å². The number of imidazole rings is 1. The molecule has 2 unspecified atom stereocenters. The van der Waals surface area contributed by atoms with Crippen molar-refractivity contribution in [1.29, 1.82) is 0 Å². The number of para-hydroxylation sites is 1. The second-order valence-electron chi connectivity index (χ2n) is 18.9. The van der Waals surface area contributed by atoms with Gasteiger partial charge in [-0.15, -0.1) is 0 Å². The summed E-state index contributed by atoms with van der Waals surface area (Å²) in [7, 11) is 1.65. The van der Waals surface area contributed by atoms with Crippen molar-refractivity contribution in [3.05, 3.63) is 64.6 Å². The molecule has 5 saturated heterocycles. The number of aryl methyl sites for hydroxylation is 1. The molecular formula is C44H52F3N13O5. The molecule has 6 aliphatic rings. The maximum absolute atomic E-state index is 16.2. The SMILES string of the molecule is Cn1c(=O)n(C2CCC(=O)NC2=O)c2cccc(N3CC(F)(CN4CCN(CC5CCC(n6cc(NC(=O)c7cnn8ccc(N9C[C@H]%10CC9CO%10)nc78)c(C(F)F)n6)CC5)CC4)C3)c21. The van der Waals surface area contributed by atoms with E-state index in [-0.39, 0.29) is 67.0 Å². The van der Waals surface area contributed by atoms with Crippen LogP contribution in [0.3, 0.4) is 0 Å². The Balaban J connectivity index is 0.661. The van der Waals surface area contributed by atoms with Crippen molar-refractivity contribution in [2.24, 2.45) is 13.0 Å². The molecule has 344 valence electrons. The van der Waals surface area contributed by atoms with E-state index in [4.69, 9.17) is 9.72 Å². The molecule has 21 heteroatoms. The van der Waals surface area contributed by atoms with Crippen LogP contribution in [0.2, 0.25) is 0 Å². The fourth-order valence-corrected chi connectivity index (χ4v) is 11.2. The lowest BCUT2D eigenvalue weighted by Gasteiger charge is -2.49. The number of hydrogen-bond donors (Lipinski definition) is 2. The highest BCUT2D eigenvalue weighted by molar-refractivity contribution is 6.08.